The molecule has 8 heteroatoms. The van der Waals surface area contributed by atoms with Gasteiger partial charge in [-0.05, 0) is 24.3 Å². The number of halogens is 1. The molecule has 0 saturated heterocycles. The normalized spacial score (nSPS) is 9.90. The molecule has 0 atom stereocenters. The molecule has 0 heterocycles. The van der Waals surface area contributed by atoms with Crippen molar-refractivity contribution in [3.05, 3.63) is 29.3 Å². The number of amides is 2. The Kier molecular flexibility index (Phi) is 5.95. The van der Waals surface area contributed by atoms with Gasteiger partial charge in [-0.25, -0.2) is 0 Å². The van der Waals surface area contributed by atoms with E-state index < -0.39 is 24.3 Å². The summed E-state index contributed by atoms with van der Waals surface area (Å²) in [6, 6.07) is 6.12. The van der Waals surface area contributed by atoms with Crippen LogP contribution in [0.1, 0.15) is 0 Å². The van der Waals surface area contributed by atoms with Gasteiger partial charge in [0.05, 0.1) is 13.1 Å². The molecule has 4 N–H and O–H groups in total. The number of hydrogen-bond acceptors (Lipinski definition) is 4. The highest BCUT2D eigenvalue weighted by molar-refractivity contribution is 6.30. The number of carbonyl (C=O) groups excluding carboxylic acids is 2. The van der Waals surface area contributed by atoms with E-state index in [2.05, 4.69) is 5.32 Å². The average molecular weight is 300 g/mol. The summed E-state index contributed by atoms with van der Waals surface area (Å²) in [5.41, 5.74) is 5.48. The standard InChI is InChI=1S/C12H14ClN3O4/c13-8-1-3-9(4-2-8)16(7-12(19)20)11(18)6-15-10(17)5-14/h1-4H,5-7,14H2,(H,15,17)(H,19,20). The zero-order valence-corrected chi connectivity index (χ0v) is 11.3. The summed E-state index contributed by atoms with van der Waals surface area (Å²) < 4.78 is 0. The SMILES string of the molecule is NCC(=O)NCC(=O)N(CC(=O)O)c1ccc(Cl)cc1. The highest BCUT2D eigenvalue weighted by Crippen LogP contribution is 2.17. The molecule has 0 saturated carbocycles. The van der Waals surface area contributed by atoms with Crippen LogP contribution in [0.4, 0.5) is 5.69 Å². The van der Waals surface area contributed by atoms with E-state index in [-0.39, 0.29) is 13.1 Å². The molecule has 2 amide bonds. The van der Waals surface area contributed by atoms with Crippen molar-refractivity contribution in [3.63, 3.8) is 0 Å². The fourth-order valence-corrected chi connectivity index (χ4v) is 1.55. The van der Waals surface area contributed by atoms with Gasteiger partial charge in [0.2, 0.25) is 11.8 Å². The lowest BCUT2D eigenvalue weighted by molar-refractivity contribution is -0.136. The fraction of sp³-hybridized carbons (Fsp3) is 0.250. The maximum absolute atomic E-state index is 12.0. The third-order valence-corrected chi connectivity index (χ3v) is 2.61. The summed E-state index contributed by atoms with van der Waals surface area (Å²) in [6.07, 6.45) is 0. The molecule has 0 fully saturated rings. The van der Waals surface area contributed by atoms with Crippen LogP contribution < -0.4 is 16.0 Å². The van der Waals surface area contributed by atoms with Crippen molar-refractivity contribution < 1.29 is 19.5 Å². The number of carbonyl (C=O) groups is 3. The molecule has 1 aromatic carbocycles. The van der Waals surface area contributed by atoms with Crippen molar-refractivity contribution in [2.45, 2.75) is 0 Å². The smallest absolute Gasteiger partial charge is 0.323 e. The maximum atomic E-state index is 12.0. The predicted octanol–water partition coefficient (Wildman–Crippen LogP) is -0.167. The largest absolute Gasteiger partial charge is 0.480 e. The molecule has 0 aromatic heterocycles. The molecule has 20 heavy (non-hydrogen) atoms. The van der Waals surface area contributed by atoms with E-state index in [1.165, 1.54) is 24.3 Å². The van der Waals surface area contributed by atoms with Crippen LogP contribution in [0.5, 0.6) is 0 Å². The van der Waals surface area contributed by atoms with Gasteiger partial charge in [0.1, 0.15) is 6.54 Å². The molecule has 7 nitrogen and oxygen atoms in total. The van der Waals surface area contributed by atoms with Gasteiger partial charge in [0.15, 0.2) is 0 Å². The second-order valence-corrected chi connectivity index (χ2v) is 4.27. The second-order valence-electron chi connectivity index (χ2n) is 3.83. The number of nitrogens with one attached hydrogen (secondary N) is 1. The van der Waals surface area contributed by atoms with Gasteiger partial charge in [-0.3, -0.25) is 19.3 Å². The minimum absolute atomic E-state index is 0.243. The molecule has 1 aromatic rings. The van der Waals surface area contributed by atoms with Crippen LogP contribution >= 0.6 is 11.6 Å². The summed E-state index contributed by atoms with van der Waals surface area (Å²) in [6.45, 7) is -1.09. The number of carboxylic acid groups (broad SMARTS) is 1. The molecule has 0 aliphatic rings. The number of benzene rings is 1. The van der Waals surface area contributed by atoms with Crippen LogP contribution in [0.25, 0.3) is 0 Å². The van der Waals surface area contributed by atoms with E-state index in [0.29, 0.717) is 10.7 Å². The van der Waals surface area contributed by atoms with Crippen molar-refractivity contribution >= 4 is 35.1 Å². The topological polar surface area (TPSA) is 113 Å². The summed E-state index contributed by atoms with van der Waals surface area (Å²) in [5, 5.41) is 11.6. The molecule has 1 rings (SSSR count). The van der Waals surface area contributed by atoms with E-state index in [1.54, 1.807) is 0 Å². The van der Waals surface area contributed by atoms with Crippen molar-refractivity contribution in [1.29, 1.82) is 0 Å². The molecule has 0 radical (unpaired) electrons. The summed E-state index contributed by atoms with van der Waals surface area (Å²) >= 11 is 5.73. The minimum atomic E-state index is -1.17. The Bertz CT molecular complexity index is 504. The summed E-state index contributed by atoms with van der Waals surface area (Å²) in [7, 11) is 0. The first-order chi connectivity index (χ1) is 9.43. The van der Waals surface area contributed by atoms with Crippen molar-refractivity contribution in [1.82, 2.24) is 5.32 Å². The average Bonchev–Trinajstić information content (AvgIpc) is 2.42. The molecule has 0 spiro atoms. The Labute approximate surface area is 120 Å². The molecule has 108 valence electrons. The molecule has 0 aliphatic heterocycles. The number of rotatable bonds is 6. The second kappa shape index (κ2) is 7.46. The Balaban J connectivity index is 2.83. The number of aliphatic carboxylic acids is 1. The number of nitrogens with zero attached hydrogens (tertiary/aromatic N) is 1. The van der Waals surface area contributed by atoms with Crippen molar-refractivity contribution in [2.24, 2.45) is 5.73 Å². The van der Waals surface area contributed by atoms with E-state index in [9.17, 15) is 14.4 Å². The van der Waals surface area contributed by atoms with Gasteiger partial charge in [-0.15, -0.1) is 0 Å². The van der Waals surface area contributed by atoms with Crippen molar-refractivity contribution in [2.75, 3.05) is 24.5 Å². The van der Waals surface area contributed by atoms with Gasteiger partial charge in [-0.2, -0.15) is 0 Å². The number of nitrogens with two attached hydrogens (primary N) is 1. The molecular weight excluding hydrogens is 286 g/mol. The number of anilines is 1. The van der Waals surface area contributed by atoms with E-state index in [1.807, 2.05) is 0 Å². The molecule has 0 bridgehead atoms. The fourth-order valence-electron chi connectivity index (χ4n) is 1.42. The maximum Gasteiger partial charge on any atom is 0.323 e. The lowest BCUT2D eigenvalue weighted by atomic mass is 10.2. The highest BCUT2D eigenvalue weighted by Gasteiger charge is 2.19. The van der Waals surface area contributed by atoms with Crippen LogP contribution in [0.15, 0.2) is 24.3 Å². The molecular formula is C12H14ClN3O4. The van der Waals surface area contributed by atoms with Crippen LogP contribution in [-0.2, 0) is 14.4 Å². The first-order valence-corrected chi connectivity index (χ1v) is 6.06. The van der Waals surface area contributed by atoms with Gasteiger partial charge in [0.25, 0.3) is 0 Å². The third-order valence-electron chi connectivity index (χ3n) is 2.35. The zero-order valence-electron chi connectivity index (χ0n) is 10.5. The minimum Gasteiger partial charge on any atom is -0.480 e. The number of hydrogen-bond donors (Lipinski definition) is 3. The first-order valence-electron chi connectivity index (χ1n) is 5.68. The quantitative estimate of drug-likeness (QED) is 0.675. The van der Waals surface area contributed by atoms with Gasteiger partial charge >= 0.3 is 5.97 Å². The van der Waals surface area contributed by atoms with Gasteiger partial charge in [0, 0.05) is 10.7 Å². The Morgan fingerprint density at radius 3 is 2.35 bits per heavy atom. The highest BCUT2D eigenvalue weighted by atomic mass is 35.5. The summed E-state index contributed by atoms with van der Waals surface area (Å²) in [5.74, 6) is -2.22. The predicted molar refractivity (Wildman–Crippen MR) is 73.5 cm³/mol. The molecule has 0 aliphatic carbocycles. The van der Waals surface area contributed by atoms with E-state index >= 15 is 0 Å². The Morgan fingerprint density at radius 1 is 1.25 bits per heavy atom. The van der Waals surface area contributed by atoms with Gasteiger partial charge < -0.3 is 16.2 Å². The number of carboxylic acids is 1. The third kappa shape index (κ3) is 4.87. The van der Waals surface area contributed by atoms with Crippen LogP contribution in [0, 0.1) is 0 Å². The monoisotopic (exact) mass is 299 g/mol. The van der Waals surface area contributed by atoms with Crippen molar-refractivity contribution in [3.8, 4) is 0 Å². The van der Waals surface area contributed by atoms with Crippen LogP contribution in [-0.4, -0.2) is 42.5 Å². The van der Waals surface area contributed by atoms with E-state index in [4.69, 9.17) is 22.4 Å². The van der Waals surface area contributed by atoms with Gasteiger partial charge in [-0.1, -0.05) is 11.6 Å². The lowest BCUT2D eigenvalue weighted by Gasteiger charge is -2.21. The molecule has 0 unspecified atom stereocenters. The Hall–Kier alpha value is -2.12. The first kappa shape index (κ1) is 15.9. The van der Waals surface area contributed by atoms with Crippen LogP contribution in [0.2, 0.25) is 5.02 Å². The van der Waals surface area contributed by atoms with E-state index in [0.717, 1.165) is 4.90 Å². The zero-order chi connectivity index (χ0) is 15.1. The van der Waals surface area contributed by atoms with Crippen LogP contribution in [0.3, 0.4) is 0 Å². The Morgan fingerprint density at radius 2 is 1.85 bits per heavy atom. The summed E-state index contributed by atoms with van der Waals surface area (Å²) in [4.78, 5) is 34.8. The lowest BCUT2D eigenvalue weighted by Crippen LogP contribution is -2.44.